The molecule has 0 bridgehead atoms. The first-order valence-corrected chi connectivity index (χ1v) is 14.0. The van der Waals surface area contributed by atoms with Gasteiger partial charge in [0.2, 0.25) is 0 Å². The maximum Gasteiger partial charge on any atom is 0.261 e. The Bertz CT molecular complexity index is 968. The Balaban J connectivity index is 1.60. The van der Waals surface area contributed by atoms with E-state index in [2.05, 4.69) is 117 Å². The molecule has 0 aromatic heterocycles. The van der Waals surface area contributed by atoms with Gasteiger partial charge in [-0.25, -0.2) is 0 Å². The molecular weight excluding hydrogens is 438 g/mol. The van der Waals surface area contributed by atoms with Crippen LogP contribution in [0.2, 0.25) is 5.04 Å². The maximum absolute atomic E-state index is 7.13. The molecule has 0 N–H and O–H groups in total. The molecule has 0 amide bonds. The number of morpholine rings is 1. The van der Waals surface area contributed by atoms with Gasteiger partial charge in [0, 0.05) is 26.7 Å². The molecule has 5 heteroatoms. The van der Waals surface area contributed by atoms with Crippen LogP contribution >= 0.6 is 0 Å². The molecule has 34 heavy (non-hydrogen) atoms. The van der Waals surface area contributed by atoms with Gasteiger partial charge in [0.25, 0.3) is 8.32 Å². The summed E-state index contributed by atoms with van der Waals surface area (Å²) in [6, 6.07) is 32.1. The number of hydrogen-bond donors (Lipinski definition) is 0. The summed E-state index contributed by atoms with van der Waals surface area (Å²) in [4.78, 5) is 2.41. The van der Waals surface area contributed by atoms with Crippen molar-refractivity contribution < 1.29 is 13.9 Å². The average Bonchev–Trinajstić information content (AvgIpc) is 2.85. The molecular formula is C29H37NO3Si. The van der Waals surface area contributed by atoms with Crippen molar-refractivity contribution in [2.24, 2.45) is 0 Å². The lowest BCUT2D eigenvalue weighted by Gasteiger charge is -2.45. The van der Waals surface area contributed by atoms with E-state index in [-0.39, 0.29) is 17.4 Å². The summed E-state index contributed by atoms with van der Waals surface area (Å²) in [5, 5.41) is 2.51. The van der Waals surface area contributed by atoms with Crippen molar-refractivity contribution >= 4 is 18.7 Å². The lowest BCUT2D eigenvalue weighted by molar-refractivity contribution is -0.206. The first kappa shape index (κ1) is 24.8. The molecule has 1 saturated heterocycles. The van der Waals surface area contributed by atoms with Crippen molar-refractivity contribution in [1.29, 1.82) is 0 Å². The third kappa shape index (κ3) is 5.51. The highest BCUT2D eigenvalue weighted by molar-refractivity contribution is 6.99. The Labute approximate surface area is 205 Å². The summed E-state index contributed by atoms with van der Waals surface area (Å²) in [6.07, 6.45) is -0.325. The standard InChI is InChI=1S/C29H37NO3Si/c1-29(2,3)34(26-16-10-6-11-17-26,27-18-12-7-13-19-27)32-23-25-21-30(22-28(31-4)33-25)20-24-14-8-5-9-15-24/h5-19,25,28H,20-23H2,1-4H3/t25-,28-/m0/s1. The summed E-state index contributed by atoms with van der Waals surface area (Å²) >= 11 is 0. The SMILES string of the molecule is CO[C@@H]1CN(Cc2ccccc2)C[C@@H](CO[Si](c2ccccc2)(c2ccccc2)C(C)(C)C)O1. The van der Waals surface area contributed by atoms with Gasteiger partial charge in [0.05, 0.1) is 12.7 Å². The molecule has 3 aromatic rings. The van der Waals surface area contributed by atoms with E-state index in [0.29, 0.717) is 6.61 Å². The second-order valence-electron chi connectivity index (χ2n) is 10.1. The van der Waals surface area contributed by atoms with Crippen molar-refractivity contribution in [1.82, 2.24) is 4.90 Å². The summed E-state index contributed by atoms with van der Waals surface area (Å²) < 4.78 is 19.1. The van der Waals surface area contributed by atoms with E-state index in [0.717, 1.165) is 19.6 Å². The number of ether oxygens (including phenoxy) is 2. The van der Waals surface area contributed by atoms with Gasteiger partial charge in [-0.1, -0.05) is 112 Å². The van der Waals surface area contributed by atoms with Crippen molar-refractivity contribution in [3.05, 3.63) is 96.6 Å². The summed E-state index contributed by atoms with van der Waals surface area (Å²) in [6.45, 7) is 9.88. The molecule has 1 fully saturated rings. The minimum Gasteiger partial charge on any atom is -0.405 e. The Kier molecular flexibility index (Phi) is 8.01. The molecule has 0 saturated carbocycles. The van der Waals surface area contributed by atoms with Gasteiger partial charge < -0.3 is 13.9 Å². The van der Waals surface area contributed by atoms with Gasteiger partial charge in [-0.2, -0.15) is 0 Å². The minimum absolute atomic E-state index is 0.0608. The normalized spacial score (nSPS) is 19.8. The van der Waals surface area contributed by atoms with E-state index >= 15 is 0 Å². The molecule has 3 aromatic carbocycles. The fraction of sp³-hybridized carbons (Fsp3) is 0.379. The number of hydrogen-bond acceptors (Lipinski definition) is 4. The predicted octanol–water partition coefficient (Wildman–Crippen LogP) is 4.44. The molecule has 4 rings (SSSR count). The summed E-state index contributed by atoms with van der Waals surface area (Å²) in [7, 11) is -0.882. The molecule has 0 aliphatic carbocycles. The van der Waals surface area contributed by atoms with Crippen molar-refractivity contribution in [3.63, 3.8) is 0 Å². The van der Waals surface area contributed by atoms with Crippen molar-refractivity contribution in [3.8, 4) is 0 Å². The topological polar surface area (TPSA) is 30.9 Å². The van der Waals surface area contributed by atoms with Crippen LogP contribution in [0.15, 0.2) is 91.0 Å². The van der Waals surface area contributed by atoms with E-state index in [4.69, 9.17) is 13.9 Å². The van der Waals surface area contributed by atoms with E-state index in [9.17, 15) is 0 Å². The molecule has 0 radical (unpaired) electrons. The zero-order valence-electron chi connectivity index (χ0n) is 20.8. The van der Waals surface area contributed by atoms with Gasteiger partial charge in [0.15, 0.2) is 6.29 Å². The molecule has 0 unspecified atom stereocenters. The lowest BCUT2D eigenvalue weighted by atomic mass is 10.2. The Morgan fingerprint density at radius 2 is 1.35 bits per heavy atom. The van der Waals surface area contributed by atoms with Crippen LogP contribution < -0.4 is 10.4 Å². The number of benzene rings is 3. The van der Waals surface area contributed by atoms with E-state index < -0.39 is 8.32 Å². The minimum atomic E-state index is -2.60. The second kappa shape index (κ2) is 11.0. The smallest absolute Gasteiger partial charge is 0.261 e. The van der Waals surface area contributed by atoms with E-state index in [1.807, 2.05) is 0 Å². The highest BCUT2D eigenvalue weighted by Crippen LogP contribution is 2.37. The first-order chi connectivity index (χ1) is 16.4. The average molecular weight is 476 g/mol. The van der Waals surface area contributed by atoms with Crippen LogP contribution in [0.5, 0.6) is 0 Å². The van der Waals surface area contributed by atoms with Gasteiger partial charge in [0.1, 0.15) is 0 Å². The zero-order chi connectivity index (χ0) is 24.0. The maximum atomic E-state index is 7.13. The van der Waals surface area contributed by atoms with Gasteiger partial charge in [-0.05, 0) is 21.0 Å². The largest absolute Gasteiger partial charge is 0.405 e. The van der Waals surface area contributed by atoms with E-state index in [1.165, 1.54) is 15.9 Å². The molecule has 1 aliphatic heterocycles. The predicted molar refractivity (Wildman–Crippen MR) is 141 cm³/mol. The highest BCUT2D eigenvalue weighted by Gasteiger charge is 2.50. The van der Waals surface area contributed by atoms with Crippen molar-refractivity contribution in [2.45, 2.75) is 44.7 Å². The van der Waals surface area contributed by atoms with E-state index in [1.54, 1.807) is 7.11 Å². The molecule has 4 nitrogen and oxygen atoms in total. The van der Waals surface area contributed by atoms with Crippen molar-refractivity contribution in [2.75, 3.05) is 26.8 Å². The first-order valence-electron chi connectivity index (χ1n) is 12.1. The Morgan fingerprint density at radius 3 is 1.85 bits per heavy atom. The number of nitrogens with zero attached hydrogens (tertiary/aromatic N) is 1. The molecule has 180 valence electrons. The lowest BCUT2D eigenvalue weighted by Crippen LogP contribution is -2.67. The second-order valence-corrected chi connectivity index (χ2v) is 14.4. The van der Waals surface area contributed by atoms with Crippen LogP contribution in [-0.2, 0) is 20.4 Å². The van der Waals surface area contributed by atoms with Crippen LogP contribution in [0.4, 0.5) is 0 Å². The molecule has 0 spiro atoms. The van der Waals surface area contributed by atoms with Crippen LogP contribution in [0.1, 0.15) is 26.3 Å². The van der Waals surface area contributed by atoms with Crippen LogP contribution in [-0.4, -0.2) is 52.4 Å². The van der Waals surface area contributed by atoms with Gasteiger partial charge in [-0.3, -0.25) is 4.90 Å². The van der Waals surface area contributed by atoms with Gasteiger partial charge in [-0.15, -0.1) is 0 Å². The molecule has 1 heterocycles. The number of rotatable bonds is 8. The highest BCUT2D eigenvalue weighted by atomic mass is 28.4. The summed E-state index contributed by atoms with van der Waals surface area (Å²) in [5.74, 6) is 0. The van der Waals surface area contributed by atoms with Gasteiger partial charge >= 0.3 is 0 Å². The Morgan fingerprint density at radius 1 is 0.824 bits per heavy atom. The zero-order valence-corrected chi connectivity index (χ0v) is 21.8. The Hall–Kier alpha value is -2.28. The van der Waals surface area contributed by atoms with Crippen LogP contribution in [0.25, 0.3) is 0 Å². The quantitative estimate of drug-likeness (QED) is 0.451. The van der Waals surface area contributed by atoms with Crippen LogP contribution in [0, 0.1) is 0 Å². The third-order valence-electron chi connectivity index (χ3n) is 6.63. The third-order valence-corrected chi connectivity index (χ3v) is 11.6. The monoisotopic (exact) mass is 475 g/mol. The molecule has 2 atom stereocenters. The molecule has 1 aliphatic rings. The van der Waals surface area contributed by atoms with Crippen LogP contribution in [0.3, 0.4) is 0 Å². The fourth-order valence-corrected chi connectivity index (χ4v) is 9.64. The fourth-order valence-electron chi connectivity index (χ4n) is 5.05. The number of methoxy groups -OCH3 is 1. The summed E-state index contributed by atoms with van der Waals surface area (Å²) in [5.41, 5.74) is 1.30.